The summed E-state index contributed by atoms with van der Waals surface area (Å²) in [7, 11) is 0. The lowest BCUT2D eigenvalue weighted by Crippen LogP contribution is -2.45. The van der Waals surface area contributed by atoms with E-state index < -0.39 is 12.1 Å². The van der Waals surface area contributed by atoms with Gasteiger partial charge in [-0.15, -0.1) is 0 Å². The molecule has 0 aliphatic heterocycles. The summed E-state index contributed by atoms with van der Waals surface area (Å²) in [5.74, 6) is -0.0924. The fraction of sp³-hybridized carbons (Fsp3) is 0.917. The second kappa shape index (κ2) is 44.3. The van der Waals surface area contributed by atoms with Gasteiger partial charge in [-0.25, -0.2) is 0 Å². The molecule has 0 fully saturated rings. The topological polar surface area (TPSA) is 95.9 Å². The molecule has 0 spiro atoms. The number of rotatable bonds is 44. The molecule has 6 nitrogen and oxygen atoms in total. The van der Waals surface area contributed by atoms with Crippen LogP contribution in [0.2, 0.25) is 0 Å². The Hall–Kier alpha value is -1.40. The summed E-state index contributed by atoms with van der Waals surface area (Å²) in [5.41, 5.74) is 0. The van der Waals surface area contributed by atoms with Crippen LogP contribution in [0.15, 0.2) is 12.2 Å². The number of carbonyl (C=O) groups is 2. The van der Waals surface area contributed by atoms with E-state index in [9.17, 15) is 19.8 Å². The third-order valence-corrected chi connectivity index (χ3v) is 11.1. The first kappa shape index (κ1) is 52.6. The third-order valence-electron chi connectivity index (χ3n) is 11.1. The Labute approximate surface area is 336 Å². The molecule has 0 saturated heterocycles. The van der Waals surface area contributed by atoms with Crippen LogP contribution in [0, 0.1) is 0 Å². The fourth-order valence-electron chi connectivity index (χ4n) is 7.34. The van der Waals surface area contributed by atoms with Gasteiger partial charge in [0.15, 0.2) is 0 Å². The second-order valence-corrected chi connectivity index (χ2v) is 16.4. The molecule has 54 heavy (non-hydrogen) atoms. The van der Waals surface area contributed by atoms with Crippen LogP contribution in [0.3, 0.4) is 0 Å². The molecule has 0 rings (SSSR count). The van der Waals surface area contributed by atoms with Gasteiger partial charge < -0.3 is 20.3 Å². The number of hydrogen-bond donors (Lipinski definition) is 3. The Morgan fingerprint density at radius 1 is 0.500 bits per heavy atom. The molecule has 0 radical (unpaired) electrons. The monoisotopic (exact) mass is 764 g/mol. The van der Waals surface area contributed by atoms with Crippen LogP contribution in [0.4, 0.5) is 0 Å². The van der Waals surface area contributed by atoms with E-state index in [0.717, 1.165) is 57.8 Å². The lowest BCUT2D eigenvalue weighted by molar-refractivity contribution is -0.143. The zero-order valence-corrected chi connectivity index (χ0v) is 36.2. The summed E-state index contributed by atoms with van der Waals surface area (Å²) >= 11 is 0. The van der Waals surface area contributed by atoms with Crippen LogP contribution in [0.1, 0.15) is 258 Å². The summed E-state index contributed by atoms with van der Waals surface area (Å²) < 4.78 is 5.45. The summed E-state index contributed by atoms with van der Waals surface area (Å²) in [4.78, 5) is 24.4. The highest BCUT2D eigenvalue weighted by molar-refractivity contribution is 5.76. The van der Waals surface area contributed by atoms with Gasteiger partial charge in [0.05, 0.1) is 25.4 Å². The Kier molecular flexibility index (Phi) is 43.2. The summed E-state index contributed by atoms with van der Waals surface area (Å²) in [6.07, 6.45) is 48.8. The van der Waals surface area contributed by atoms with E-state index in [0.29, 0.717) is 25.9 Å². The molecule has 0 bridgehead atoms. The smallest absolute Gasteiger partial charge is 0.305 e. The first-order valence-electron chi connectivity index (χ1n) is 23.9. The van der Waals surface area contributed by atoms with Gasteiger partial charge in [0.2, 0.25) is 5.91 Å². The van der Waals surface area contributed by atoms with E-state index in [2.05, 4.69) is 31.3 Å². The number of carbonyl (C=O) groups excluding carboxylic acids is 2. The molecule has 320 valence electrons. The number of amides is 1. The molecular formula is C48H93NO5. The van der Waals surface area contributed by atoms with Gasteiger partial charge >= 0.3 is 5.97 Å². The molecular weight excluding hydrogens is 671 g/mol. The number of esters is 1. The summed E-state index contributed by atoms with van der Waals surface area (Å²) in [6, 6.07) is -0.559. The van der Waals surface area contributed by atoms with Crippen LogP contribution >= 0.6 is 0 Å². The Bertz CT molecular complexity index is 802. The molecule has 0 heterocycles. The van der Waals surface area contributed by atoms with Crippen molar-refractivity contribution in [2.75, 3.05) is 13.2 Å². The highest BCUT2D eigenvalue weighted by atomic mass is 16.5. The van der Waals surface area contributed by atoms with Gasteiger partial charge in [0, 0.05) is 12.8 Å². The zero-order chi connectivity index (χ0) is 39.4. The van der Waals surface area contributed by atoms with Crippen LogP contribution in [0.25, 0.3) is 0 Å². The Morgan fingerprint density at radius 2 is 0.870 bits per heavy atom. The number of hydrogen-bond acceptors (Lipinski definition) is 5. The maximum Gasteiger partial charge on any atom is 0.305 e. The van der Waals surface area contributed by atoms with Crippen LogP contribution < -0.4 is 5.32 Å². The lowest BCUT2D eigenvalue weighted by atomic mass is 10.0. The van der Waals surface area contributed by atoms with Crippen molar-refractivity contribution in [1.29, 1.82) is 0 Å². The van der Waals surface area contributed by atoms with E-state index in [-0.39, 0.29) is 18.5 Å². The van der Waals surface area contributed by atoms with Crippen molar-refractivity contribution in [3.63, 3.8) is 0 Å². The minimum atomic E-state index is -0.679. The second-order valence-electron chi connectivity index (χ2n) is 16.4. The number of unbranched alkanes of at least 4 members (excludes halogenated alkanes) is 31. The van der Waals surface area contributed by atoms with E-state index in [1.807, 2.05) is 0 Å². The van der Waals surface area contributed by atoms with E-state index in [1.54, 1.807) is 0 Å². The standard InChI is InChI=1S/C48H93NO5/c1-3-5-7-9-11-13-15-16-17-18-19-20-22-26-30-34-38-42-48(53)54-43-39-35-31-27-23-25-29-33-37-41-47(52)49-45(44-50)46(51)40-36-32-28-24-21-14-12-10-8-6-4-2/h16-17,45-46,50-51H,3-15,18-44H2,1-2H3,(H,49,52)/b17-16-. The minimum Gasteiger partial charge on any atom is -0.466 e. The van der Waals surface area contributed by atoms with Crippen molar-refractivity contribution in [3.8, 4) is 0 Å². The molecule has 2 atom stereocenters. The quantitative estimate of drug-likeness (QED) is 0.0326. The largest absolute Gasteiger partial charge is 0.466 e. The normalized spacial score (nSPS) is 12.7. The van der Waals surface area contributed by atoms with Gasteiger partial charge in [-0.2, -0.15) is 0 Å². The van der Waals surface area contributed by atoms with Crippen molar-refractivity contribution in [1.82, 2.24) is 5.32 Å². The molecule has 0 aliphatic carbocycles. The van der Waals surface area contributed by atoms with Crippen molar-refractivity contribution in [2.24, 2.45) is 0 Å². The highest BCUT2D eigenvalue weighted by Gasteiger charge is 2.20. The molecule has 2 unspecified atom stereocenters. The van der Waals surface area contributed by atoms with E-state index in [4.69, 9.17) is 4.74 Å². The van der Waals surface area contributed by atoms with Crippen molar-refractivity contribution in [2.45, 2.75) is 270 Å². The third kappa shape index (κ3) is 40.3. The van der Waals surface area contributed by atoms with Crippen molar-refractivity contribution in [3.05, 3.63) is 12.2 Å². The first-order chi connectivity index (χ1) is 26.5. The molecule has 0 aromatic rings. The Balaban J connectivity index is 3.47. The van der Waals surface area contributed by atoms with Gasteiger partial charge in [-0.1, -0.05) is 206 Å². The lowest BCUT2D eigenvalue weighted by Gasteiger charge is -2.22. The van der Waals surface area contributed by atoms with Crippen LogP contribution in [0.5, 0.6) is 0 Å². The van der Waals surface area contributed by atoms with Crippen molar-refractivity contribution < 1.29 is 24.5 Å². The van der Waals surface area contributed by atoms with Gasteiger partial charge in [0.1, 0.15) is 0 Å². The average Bonchev–Trinajstić information content (AvgIpc) is 3.17. The summed E-state index contributed by atoms with van der Waals surface area (Å²) in [5, 5.41) is 23.1. The SMILES string of the molecule is CCCCCCCC/C=C\CCCCCCCCCC(=O)OCCCCCCCCCCCC(=O)NC(CO)C(O)CCCCCCCCCCCCC. The molecule has 6 heteroatoms. The van der Waals surface area contributed by atoms with Gasteiger partial charge in [-0.05, 0) is 51.4 Å². The first-order valence-corrected chi connectivity index (χ1v) is 23.9. The summed E-state index contributed by atoms with van der Waals surface area (Å²) in [6.45, 7) is 4.87. The minimum absolute atomic E-state index is 0.0286. The molecule has 0 aromatic carbocycles. The van der Waals surface area contributed by atoms with E-state index >= 15 is 0 Å². The zero-order valence-electron chi connectivity index (χ0n) is 36.2. The molecule has 0 aromatic heterocycles. The van der Waals surface area contributed by atoms with Gasteiger partial charge in [-0.3, -0.25) is 9.59 Å². The Morgan fingerprint density at radius 3 is 1.31 bits per heavy atom. The number of allylic oxidation sites excluding steroid dienone is 2. The fourth-order valence-corrected chi connectivity index (χ4v) is 7.34. The molecule has 1 amide bonds. The van der Waals surface area contributed by atoms with E-state index in [1.165, 1.54) is 167 Å². The highest BCUT2D eigenvalue weighted by Crippen LogP contribution is 2.15. The molecule has 3 N–H and O–H groups in total. The molecule has 0 saturated carbocycles. The predicted octanol–water partition coefficient (Wildman–Crippen LogP) is 13.8. The number of aliphatic hydroxyl groups excluding tert-OH is 2. The average molecular weight is 764 g/mol. The maximum atomic E-state index is 12.4. The van der Waals surface area contributed by atoms with Gasteiger partial charge in [0.25, 0.3) is 0 Å². The number of nitrogens with one attached hydrogen (secondary N) is 1. The van der Waals surface area contributed by atoms with Crippen molar-refractivity contribution >= 4 is 11.9 Å². The molecule has 0 aliphatic rings. The van der Waals surface area contributed by atoms with Crippen LogP contribution in [-0.2, 0) is 14.3 Å². The predicted molar refractivity (Wildman–Crippen MR) is 232 cm³/mol. The number of aliphatic hydroxyl groups is 2. The maximum absolute atomic E-state index is 12.4. The van der Waals surface area contributed by atoms with Crippen LogP contribution in [-0.4, -0.2) is 47.4 Å². The number of ether oxygens (including phenoxy) is 1.